The van der Waals surface area contributed by atoms with E-state index in [1.165, 1.54) is 0 Å². The lowest BCUT2D eigenvalue weighted by Gasteiger charge is -2.46. The van der Waals surface area contributed by atoms with Gasteiger partial charge in [-0.1, -0.05) is 61.5 Å². The highest BCUT2D eigenvalue weighted by molar-refractivity contribution is 5.98. The number of nitrogens with one attached hydrogen (secondary N) is 2. The summed E-state index contributed by atoms with van der Waals surface area (Å²) in [5.74, 6) is -2.77. The molecule has 0 radical (unpaired) electrons. The number of carbonyl (C=O) groups is 3. The van der Waals surface area contributed by atoms with Crippen LogP contribution in [-0.4, -0.2) is 89.3 Å². The van der Waals surface area contributed by atoms with Gasteiger partial charge in [0.25, 0.3) is 0 Å². The number of halogens is 3. The molecule has 0 unspecified atom stereocenters. The summed E-state index contributed by atoms with van der Waals surface area (Å²) in [6, 6.07) is 23.1. The standard InChI is InChI=1S/C39H44F3N5O6/c1-25-32(22-45-19-16-38(17-20-45)36(50)43-24-47(38)30-9-3-2-4-10-30)52-35(53-33(25)27-14-12-26(23-48)13-15-27)28-7-5-8-29(21-28)44-34(49)31-11-6-18-46(31)37(51)39(40,41)42/h2-5,7-10,12-15,21,25,31-33,35,48H,6,11,16-20,22-24H2,1H3,(H,43,50)(H,44,49)/t25-,31+,32+,33+,35+/m1/s1. The number of carbonyl (C=O) groups excluding carboxylic acids is 3. The molecule has 3 N–H and O–H groups in total. The average molecular weight is 736 g/mol. The molecule has 3 amide bonds. The van der Waals surface area contributed by atoms with Gasteiger partial charge in [-0.15, -0.1) is 0 Å². The molecule has 53 heavy (non-hydrogen) atoms. The van der Waals surface area contributed by atoms with E-state index >= 15 is 0 Å². The number of hydrogen-bond donors (Lipinski definition) is 3. The quantitative estimate of drug-likeness (QED) is 0.299. The van der Waals surface area contributed by atoms with Crippen molar-refractivity contribution in [1.29, 1.82) is 0 Å². The van der Waals surface area contributed by atoms with Gasteiger partial charge < -0.3 is 39.9 Å². The number of aliphatic hydroxyl groups excluding tert-OH is 1. The van der Waals surface area contributed by atoms with E-state index in [9.17, 15) is 32.7 Å². The third kappa shape index (κ3) is 7.50. The lowest BCUT2D eigenvalue weighted by atomic mass is 9.84. The molecular formula is C39H44F3N5O6. The molecule has 282 valence electrons. The smallest absolute Gasteiger partial charge is 0.392 e. The number of para-hydroxylation sites is 1. The Morgan fingerprint density at radius 2 is 1.70 bits per heavy atom. The third-order valence-corrected chi connectivity index (χ3v) is 11.1. The Morgan fingerprint density at radius 3 is 2.40 bits per heavy atom. The van der Waals surface area contributed by atoms with E-state index in [4.69, 9.17) is 9.47 Å². The van der Waals surface area contributed by atoms with Crippen molar-refractivity contribution in [2.45, 2.75) is 75.5 Å². The second-order valence-electron chi connectivity index (χ2n) is 14.4. The fourth-order valence-corrected chi connectivity index (χ4v) is 8.15. The Hall–Kier alpha value is -4.50. The zero-order valence-corrected chi connectivity index (χ0v) is 29.4. The molecule has 14 heteroatoms. The number of alkyl halides is 3. The van der Waals surface area contributed by atoms with Crippen LogP contribution in [-0.2, 0) is 30.5 Å². The van der Waals surface area contributed by atoms with Crippen LogP contribution >= 0.6 is 0 Å². The minimum atomic E-state index is -5.07. The molecule has 0 aromatic heterocycles. The highest BCUT2D eigenvalue weighted by atomic mass is 19.4. The van der Waals surface area contributed by atoms with Crippen molar-refractivity contribution in [1.82, 2.24) is 15.1 Å². The number of benzene rings is 3. The van der Waals surface area contributed by atoms with Crippen molar-refractivity contribution in [3.05, 3.63) is 95.6 Å². The Kier molecular flexibility index (Phi) is 10.5. The van der Waals surface area contributed by atoms with Gasteiger partial charge in [0.05, 0.1) is 25.5 Å². The first kappa shape index (κ1) is 36.8. The number of likely N-dealkylation sites (tertiary alicyclic amines) is 2. The molecule has 11 nitrogen and oxygen atoms in total. The van der Waals surface area contributed by atoms with E-state index in [2.05, 4.69) is 27.4 Å². The first-order chi connectivity index (χ1) is 25.5. The summed E-state index contributed by atoms with van der Waals surface area (Å²) < 4.78 is 52.9. The summed E-state index contributed by atoms with van der Waals surface area (Å²) in [6.45, 7) is 4.25. The minimum Gasteiger partial charge on any atom is -0.392 e. The van der Waals surface area contributed by atoms with Crippen LogP contribution in [0.5, 0.6) is 0 Å². The molecule has 1 spiro atoms. The Morgan fingerprint density at radius 1 is 0.962 bits per heavy atom. The molecule has 7 rings (SSSR count). The fourth-order valence-electron chi connectivity index (χ4n) is 8.15. The maximum atomic E-state index is 13.3. The van der Waals surface area contributed by atoms with E-state index < -0.39 is 42.0 Å². The lowest BCUT2D eigenvalue weighted by Crippen LogP contribution is -2.57. The molecule has 5 atom stereocenters. The van der Waals surface area contributed by atoms with Crippen LogP contribution < -0.4 is 15.5 Å². The molecule has 4 heterocycles. The number of rotatable bonds is 8. The van der Waals surface area contributed by atoms with E-state index in [1.54, 1.807) is 24.3 Å². The number of aliphatic hydroxyl groups is 1. The van der Waals surface area contributed by atoms with E-state index in [0.717, 1.165) is 16.8 Å². The zero-order valence-electron chi connectivity index (χ0n) is 29.4. The van der Waals surface area contributed by atoms with Crippen molar-refractivity contribution < 1.29 is 42.1 Å². The van der Waals surface area contributed by atoms with Crippen molar-refractivity contribution in [3.63, 3.8) is 0 Å². The van der Waals surface area contributed by atoms with Crippen LogP contribution in [0.1, 0.15) is 61.7 Å². The summed E-state index contributed by atoms with van der Waals surface area (Å²) >= 11 is 0. The number of amides is 3. The zero-order chi connectivity index (χ0) is 37.3. The highest BCUT2D eigenvalue weighted by Gasteiger charge is 2.51. The number of ether oxygens (including phenoxy) is 2. The van der Waals surface area contributed by atoms with Crippen molar-refractivity contribution >= 4 is 29.1 Å². The SMILES string of the molecule is C[C@@H]1[C@H](CN2CCC3(CC2)C(=O)NCN3c2ccccc2)O[C@H](c2cccc(NC(=O)[C@@H]3CCCN3C(=O)C(F)(F)F)c2)O[C@@H]1c1ccc(CO)cc1. The van der Waals surface area contributed by atoms with Gasteiger partial charge in [0.2, 0.25) is 11.8 Å². The summed E-state index contributed by atoms with van der Waals surface area (Å²) in [5.41, 5.74) is 3.00. The molecule has 4 aliphatic heterocycles. The van der Waals surface area contributed by atoms with Gasteiger partial charge in [-0.25, -0.2) is 0 Å². The Balaban J connectivity index is 1.08. The molecule has 0 bridgehead atoms. The number of nitrogens with zero attached hydrogens (tertiary/aromatic N) is 3. The van der Waals surface area contributed by atoms with Gasteiger partial charge in [-0.05, 0) is 61.1 Å². The first-order valence-electron chi connectivity index (χ1n) is 18.1. The molecular weight excluding hydrogens is 691 g/mol. The predicted molar refractivity (Wildman–Crippen MR) is 189 cm³/mol. The number of piperidine rings is 1. The Labute approximate surface area is 306 Å². The molecule has 3 aromatic rings. The van der Waals surface area contributed by atoms with Crippen molar-refractivity contribution in [3.8, 4) is 0 Å². The van der Waals surface area contributed by atoms with Gasteiger partial charge in [0.1, 0.15) is 11.6 Å². The van der Waals surface area contributed by atoms with Gasteiger partial charge in [0.15, 0.2) is 6.29 Å². The summed E-state index contributed by atoms with van der Waals surface area (Å²) in [7, 11) is 0. The second kappa shape index (κ2) is 15.1. The topological polar surface area (TPSA) is 124 Å². The van der Waals surface area contributed by atoms with Crippen LogP contribution in [0.3, 0.4) is 0 Å². The Bertz CT molecular complexity index is 1790. The fraction of sp³-hybridized carbons (Fsp3) is 0.462. The summed E-state index contributed by atoms with van der Waals surface area (Å²) in [5, 5.41) is 15.4. The summed E-state index contributed by atoms with van der Waals surface area (Å²) in [4.78, 5) is 43.5. The monoisotopic (exact) mass is 735 g/mol. The minimum absolute atomic E-state index is 0.0442. The largest absolute Gasteiger partial charge is 0.471 e. The van der Waals surface area contributed by atoms with Crippen LogP contribution in [0, 0.1) is 5.92 Å². The van der Waals surface area contributed by atoms with Crippen molar-refractivity contribution in [2.24, 2.45) is 5.92 Å². The van der Waals surface area contributed by atoms with Crippen LogP contribution in [0.25, 0.3) is 0 Å². The summed E-state index contributed by atoms with van der Waals surface area (Å²) in [6.07, 6.45) is -4.89. The van der Waals surface area contributed by atoms with Crippen LogP contribution in [0.4, 0.5) is 24.5 Å². The lowest BCUT2D eigenvalue weighted by molar-refractivity contribution is -0.276. The number of anilines is 2. The van der Waals surface area contributed by atoms with Gasteiger partial charge in [0, 0.05) is 49.0 Å². The van der Waals surface area contributed by atoms with Crippen molar-refractivity contribution in [2.75, 3.05) is 43.1 Å². The van der Waals surface area contributed by atoms with Gasteiger partial charge in [-0.3, -0.25) is 14.4 Å². The molecule has 3 aromatic carbocycles. The maximum absolute atomic E-state index is 13.3. The molecule has 4 saturated heterocycles. The highest BCUT2D eigenvalue weighted by Crippen LogP contribution is 2.43. The van der Waals surface area contributed by atoms with Gasteiger partial charge >= 0.3 is 12.1 Å². The number of hydrogen-bond acceptors (Lipinski definition) is 8. The van der Waals surface area contributed by atoms with Crippen LogP contribution in [0.15, 0.2) is 78.9 Å². The van der Waals surface area contributed by atoms with E-state index in [1.807, 2.05) is 54.6 Å². The maximum Gasteiger partial charge on any atom is 0.471 e. The first-order valence-corrected chi connectivity index (χ1v) is 18.1. The van der Waals surface area contributed by atoms with Gasteiger partial charge in [-0.2, -0.15) is 13.2 Å². The van der Waals surface area contributed by atoms with E-state index in [0.29, 0.717) is 61.7 Å². The molecule has 4 fully saturated rings. The molecule has 0 saturated carbocycles. The van der Waals surface area contributed by atoms with E-state index in [-0.39, 0.29) is 37.5 Å². The predicted octanol–water partition coefficient (Wildman–Crippen LogP) is 4.89. The third-order valence-electron chi connectivity index (χ3n) is 11.1. The average Bonchev–Trinajstić information content (AvgIpc) is 3.78. The normalized spacial score (nSPS) is 26.1. The van der Waals surface area contributed by atoms with Crippen LogP contribution in [0.2, 0.25) is 0 Å². The molecule has 4 aliphatic rings. The second-order valence-corrected chi connectivity index (χ2v) is 14.4. The molecule has 0 aliphatic carbocycles.